The fourth-order valence-corrected chi connectivity index (χ4v) is 2.22. The monoisotopic (exact) mass is 221 g/mol. The molecule has 2 rings (SSSR count). The molecule has 0 saturated heterocycles. The molecule has 0 bridgehead atoms. The van der Waals surface area contributed by atoms with Gasteiger partial charge in [0.1, 0.15) is 11.3 Å². The third-order valence-electron chi connectivity index (χ3n) is 2.83. The number of fused-ring (bicyclic) bond motifs is 1. The number of aromatic carboxylic acids is 1. The summed E-state index contributed by atoms with van der Waals surface area (Å²) in [5, 5.41) is 9.22. The SMILES string of the molecule is CCOc1ccc2c(c1C(=O)O)CC(N)C2. The molecule has 0 radical (unpaired) electrons. The summed E-state index contributed by atoms with van der Waals surface area (Å²) in [6, 6.07) is 3.67. The average Bonchev–Trinajstić information content (AvgIpc) is 2.57. The Morgan fingerprint density at radius 3 is 2.94 bits per heavy atom. The van der Waals surface area contributed by atoms with Crippen LogP contribution in [0.1, 0.15) is 28.4 Å². The molecule has 1 atom stereocenters. The molecule has 0 amide bonds. The van der Waals surface area contributed by atoms with Crippen LogP contribution in [-0.4, -0.2) is 23.7 Å². The summed E-state index contributed by atoms with van der Waals surface area (Å²) in [6.45, 7) is 2.30. The van der Waals surface area contributed by atoms with Crippen molar-refractivity contribution in [1.29, 1.82) is 0 Å². The Hall–Kier alpha value is -1.55. The van der Waals surface area contributed by atoms with E-state index in [4.69, 9.17) is 10.5 Å². The highest BCUT2D eigenvalue weighted by molar-refractivity contribution is 5.93. The summed E-state index contributed by atoms with van der Waals surface area (Å²) in [5.41, 5.74) is 8.00. The molecule has 1 aliphatic rings. The van der Waals surface area contributed by atoms with E-state index in [1.807, 2.05) is 13.0 Å². The van der Waals surface area contributed by atoms with Gasteiger partial charge < -0.3 is 15.6 Å². The molecule has 86 valence electrons. The van der Waals surface area contributed by atoms with Crippen LogP contribution < -0.4 is 10.5 Å². The van der Waals surface area contributed by atoms with E-state index in [2.05, 4.69) is 0 Å². The molecule has 1 aliphatic carbocycles. The minimum atomic E-state index is -0.936. The van der Waals surface area contributed by atoms with Gasteiger partial charge in [-0.3, -0.25) is 0 Å². The quantitative estimate of drug-likeness (QED) is 0.804. The van der Waals surface area contributed by atoms with E-state index in [9.17, 15) is 9.90 Å². The first-order chi connectivity index (χ1) is 7.63. The summed E-state index contributed by atoms with van der Waals surface area (Å²) in [7, 11) is 0. The fourth-order valence-electron chi connectivity index (χ4n) is 2.22. The number of carboxylic acid groups (broad SMARTS) is 1. The maximum absolute atomic E-state index is 11.2. The topological polar surface area (TPSA) is 72.5 Å². The minimum Gasteiger partial charge on any atom is -0.493 e. The molecule has 1 aromatic carbocycles. The van der Waals surface area contributed by atoms with Gasteiger partial charge in [0.2, 0.25) is 0 Å². The van der Waals surface area contributed by atoms with Crippen molar-refractivity contribution in [3.8, 4) is 5.75 Å². The van der Waals surface area contributed by atoms with E-state index < -0.39 is 5.97 Å². The van der Waals surface area contributed by atoms with E-state index in [1.54, 1.807) is 6.07 Å². The number of carbonyl (C=O) groups is 1. The Bertz CT molecular complexity index is 429. The van der Waals surface area contributed by atoms with Crippen LogP contribution in [0.4, 0.5) is 0 Å². The largest absolute Gasteiger partial charge is 0.493 e. The summed E-state index contributed by atoms with van der Waals surface area (Å²) >= 11 is 0. The van der Waals surface area contributed by atoms with Gasteiger partial charge in [0.05, 0.1) is 6.61 Å². The van der Waals surface area contributed by atoms with Crippen LogP contribution in [0.3, 0.4) is 0 Å². The van der Waals surface area contributed by atoms with Gasteiger partial charge >= 0.3 is 5.97 Å². The normalized spacial score (nSPS) is 18.2. The molecule has 0 saturated carbocycles. The van der Waals surface area contributed by atoms with Gasteiger partial charge in [-0.1, -0.05) is 6.07 Å². The Morgan fingerprint density at radius 2 is 2.31 bits per heavy atom. The van der Waals surface area contributed by atoms with Gasteiger partial charge in [-0.05, 0) is 37.0 Å². The zero-order valence-corrected chi connectivity index (χ0v) is 9.19. The predicted octanol–water partition coefficient (Wildman–Crippen LogP) is 1.21. The molecule has 0 fully saturated rings. The standard InChI is InChI=1S/C12H15NO3/c1-2-16-10-4-3-7-5-8(13)6-9(7)11(10)12(14)15/h3-4,8H,2,5-6,13H2,1H3,(H,14,15). The van der Waals surface area contributed by atoms with Gasteiger partial charge in [0.15, 0.2) is 0 Å². The molecule has 0 aliphatic heterocycles. The second kappa shape index (κ2) is 4.14. The number of rotatable bonds is 3. The zero-order valence-electron chi connectivity index (χ0n) is 9.19. The second-order valence-corrected chi connectivity index (χ2v) is 3.98. The van der Waals surface area contributed by atoms with E-state index in [0.29, 0.717) is 18.8 Å². The van der Waals surface area contributed by atoms with Crippen molar-refractivity contribution < 1.29 is 14.6 Å². The van der Waals surface area contributed by atoms with Crippen LogP contribution in [0.15, 0.2) is 12.1 Å². The van der Waals surface area contributed by atoms with Crippen molar-refractivity contribution in [3.63, 3.8) is 0 Å². The first-order valence-electron chi connectivity index (χ1n) is 5.40. The lowest BCUT2D eigenvalue weighted by molar-refractivity contribution is 0.0691. The van der Waals surface area contributed by atoms with Gasteiger partial charge in [-0.2, -0.15) is 0 Å². The van der Waals surface area contributed by atoms with Crippen molar-refractivity contribution in [2.24, 2.45) is 5.73 Å². The number of hydrogen-bond donors (Lipinski definition) is 2. The van der Waals surface area contributed by atoms with Crippen molar-refractivity contribution in [1.82, 2.24) is 0 Å². The highest BCUT2D eigenvalue weighted by atomic mass is 16.5. The Labute approximate surface area is 94.0 Å². The molecule has 0 heterocycles. The molecule has 4 nitrogen and oxygen atoms in total. The van der Waals surface area contributed by atoms with E-state index in [-0.39, 0.29) is 11.6 Å². The van der Waals surface area contributed by atoms with E-state index in [1.165, 1.54) is 0 Å². The second-order valence-electron chi connectivity index (χ2n) is 3.98. The Kier molecular flexibility index (Phi) is 2.83. The Balaban J connectivity index is 2.51. The van der Waals surface area contributed by atoms with Crippen LogP contribution in [0.5, 0.6) is 5.75 Å². The first-order valence-corrected chi connectivity index (χ1v) is 5.40. The fraction of sp³-hybridized carbons (Fsp3) is 0.417. The van der Waals surface area contributed by atoms with Gasteiger partial charge in [0.25, 0.3) is 0 Å². The Morgan fingerprint density at radius 1 is 1.56 bits per heavy atom. The molecule has 3 N–H and O–H groups in total. The van der Waals surface area contributed by atoms with Crippen molar-refractivity contribution in [3.05, 3.63) is 28.8 Å². The van der Waals surface area contributed by atoms with Crippen LogP contribution in [0.25, 0.3) is 0 Å². The highest BCUT2D eigenvalue weighted by Gasteiger charge is 2.26. The molecule has 1 unspecified atom stereocenters. The van der Waals surface area contributed by atoms with Crippen molar-refractivity contribution >= 4 is 5.97 Å². The van der Waals surface area contributed by atoms with Crippen molar-refractivity contribution in [2.45, 2.75) is 25.8 Å². The summed E-state index contributed by atoms with van der Waals surface area (Å²) in [5.74, 6) is -0.489. The number of ether oxygens (including phenoxy) is 1. The molecule has 16 heavy (non-hydrogen) atoms. The van der Waals surface area contributed by atoms with Crippen LogP contribution >= 0.6 is 0 Å². The summed E-state index contributed by atoms with van der Waals surface area (Å²) in [4.78, 5) is 11.2. The zero-order chi connectivity index (χ0) is 11.7. The van der Waals surface area contributed by atoms with E-state index >= 15 is 0 Å². The van der Waals surface area contributed by atoms with Crippen molar-refractivity contribution in [2.75, 3.05) is 6.61 Å². The lowest BCUT2D eigenvalue weighted by atomic mass is 10.0. The number of nitrogens with two attached hydrogens (primary N) is 1. The number of benzene rings is 1. The molecule has 0 spiro atoms. The number of carboxylic acids is 1. The lowest BCUT2D eigenvalue weighted by Gasteiger charge is -2.11. The number of hydrogen-bond acceptors (Lipinski definition) is 3. The smallest absolute Gasteiger partial charge is 0.339 e. The van der Waals surface area contributed by atoms with Gasteiger partial charge in [0, 0.05) is 6.04 Å². The maximum Gasteiger partial charge on any atom is 0.339 e. The van der Waals surface area contributed by atoms with E-state index in [0.717, 1.165) is 17.5 Å². The lowest BCUT2D eigenvalue weighted by Crippen LogP contribution is -2.19. The van der Waals surface area contributed by atoms with Gasteiger partial charge in [-0.25, -0.2) is 4.79 Å². The minimum absolute atomic E-state index is 0.0324. The molecule has 4 heteroatoms. The summed E-state index contributed by atoms with van der Waals surface area (Å²) in [6.07, 6.45) is 1.37. The van der Waals surface area contributed by atoms with Crippen LogP contribution in [0.2, 0.25) is 0 Å². The molecule has 0 aromatic heterocycles. The molecular weight excluding hydrogens is 206 g/mol. The third kappa shape index (κ3) is 1.76. The summed E-state index contributed by atoms with van der Waals surface area (Å²) < 4.78 is 5.34. The van der Waals surface area contributed by atoms with Crippen LogP contribution in [0, 0.1) is 0 Å². The highest BCUT2D eigenvalue weighted by Crippen LogP contribution is 2.31. The molecular formula is C12H15NO3. The maximum atomic E-state index is 11.2. The first kappa shape index (κ1) is 11.0. The molecule has 1 aromatic rings. The van der Waals surface area contributed by atoms with Crippen LogP contribution in [-0.2, 0) is 12.8 Å². The third-order valence-corrected chi connectivity index (χ3v) is 2.83. The predicted molar refractivity (Wildman–Crippen MR) is 60.0 cm³/mol. The average molecular weight is 221 g/mol. The van der Waals surface area contributed by atoms with Gasteiger partial charge in [-0.15, -0.1) is 0 Å².